The Hall–Kier alpha value is -2.66. The van der Waals surface area contributed by atoms with Crippen molar-refractivity contribution in [2.45, 2.75) is 26.4 Å². The lowest BCUT2D eigenvalue weighted by molar-refractivity contribution is -0.119. The molecule has 0 aliphatic carbocycles. The minimum atomic E-state index is -0.280. The Morgan fingerprint density at radius 1 is 1.20 bits per heavy atom. The summed E-state index contributed by atoms with van der Waals surface area (Å²) in [6.07, 6.45) is 1.40. The normalized spacial score (nSPS) is 11.0. The van der Waals surface area contributed by atoms with Gasteiger partial charge in [-0.1, -0.05) is 29.8 Å². The van der Waals surface area contributed by atoms with Gasteiger partial charge in [-0.15, -0.1) is 0 Å². The Labute approximate surface area is 150 Å². The highest BCUT2D eigenvalue weighted by molar-refractivity contribution is 6.31. The number of carbonyl (C=O) groups excluding carboxylic acids is 1. The molecule has 0 aliphatic rings. The van der Waals surface area contributed by atoms with Gasteiger partial charge >= 0.3 is 0 Å². The second-order valence-electron chi connectivity index (χ2n) is 6.03. The number of fused-ring (bicyclic) bond motifs is 1. The smallest absolute Gasteiger partial charge is 0.261 e. The van der Waals surface area contributed by atoms with Crippen molar-refractivity contribution in [1.82, 2.24) is 9.55 Å². The standard InChI is InChI=1S/C19H18ClN3O2/c1-13(2)23(15-6-4-3-5-7-15)18(24)11-22-12-21-17-9-8-14(20)10-16(17)19(22)25/h3-10,12-13H,11H2,1-2H3. The third kappa shape index (κ3) is 3.56. The minimum Gasteiger partial charge on any atom is -0.308 e. The van der Waals surface area contributed by atoms with E-state index >= 15 is 0 Å². The van der Waals surface area contributed by atoms with Crippen molar-refractivity contribution < 1.29 is 4.79 Å². The minimum absolute atomic E-state index is 0.0338. The Kier molecular flexibility index (Phi) is 4.86. The summed E-state index contributed by atoms with van der Waals surface area (Å²) in [5, 5.41) is 0.863. The Morgan fingerprint density at radius 3 is 2.60 bits per heavy atom. The number of carbonyl (C=O) groups is 1. The van der Waals surface area contributed by atoms with Crippen molar-refractivity contribution in [2.24, 2.45) is 0 Å². The third-order valence-electron chi connectivity index (χ3n) is 3.91. The van der Waals surface area contributed by atoms with Crippen LogP contribution in [0.1, 0.15) is 13.8 Å². The maximum atomic E-state index is 12.8. The molecule has 0 aliphatic heterocycles. The molecule has 0 unspecified atom stereocenters. The fraction of sp³-hybridized carbons (Fsp3) is 0.211. The number of nitrogens with zero attached hydrogens (tertiary/aromatic N) is 3. The first-order valence-electron chi connectivity index (χ1n) is 7.99. The quantitative estimate of drug-likeness (QED) is 0.719. The van der Waals surface area contributed by atoms with Crippen molar-refractivity contribution in [3.8, 4) is 0 Å². The summed E-state index contributed by atoms with van der Waals surface area (Å²) in [5.41, 5.74) is 1.08. The van der Waals surface area contributed by atoms with Crippen molar-refractivity contribution >= 4 is 34.1 Å². The number of halogens is 1. The lowest BCUT2D eigenvalue weighted by Gasteiger charge is -2.27. The van der Waals surface area contributed by atoms with Crippen LogP contribution in [0.2, 0.25) is 5.02 Å². The largest absolute Gasteiger partial charge is 0.308 e. The molecule has 5 nitrogen and oxygen atoms in total. The van der Waals surface area contributed by atoms with E-state index in [1.54, 1.807) is 23.1 Å². The third-order valence-corrected chi connectivity index (χ3v) is 4.15. The molecule has 0 atom stereocenters. The summed E-state index contributed by atoms with van der Waals surface area (Å²) in [4.78, 5) is 31.4. The van der Waals surface area contributed by atoms with E-state index in [-0.39, 0.29) is 24.1 Å². The first-order chi connectivity index (χ1) is 12.0. The van der Waals surface area contributed by atoms with Crippen LogP contribution < -0.4 is 10.5 Å². The van der Waals surface area contributed by atoms with Crippen LogP contribution in [-0.4, -0.2) is 21.5 Å². The zero-order chi connectivity index (χ0) is 18.0. The zero-order valence-electron chi connectivity index (χ0n) is 14.0. The Balaban J connectivity index is 1.95. The summed E-state index contributed by atoms with van der Waals surface area (Å²) < 4.78 is 1.32. The predicted octanol–water partition coefficient (Wildman–Crippen LogP) is 3.49. The SMILES string of the molecule is CC(C)N(C(=O)Cn1cnc2ccc(Cl)cc2c1=O)c1ccccc1. The number of benzene rings is 2. The maximum absolute atomic E-state index is 12.8. The molecule has 1 aromatic heterocycles. The lowest BCUT2D eigenvalue weighted by Crippen LogP contribution is -2.41. The number of amides is 1. The van der Waals surface area contributed by atoms with Crippen LogP contribution in [0.4, 0.5) is 5.69 Å². The van der Waals surface area contributed by atoms with Crippen LogP contribution in [0.3, 0.4) is 0 Å². The molecular weight excluding hydrogens is 338 g/mol. The maximum Gasteiger partial charge on any atom is 0.261 e. The second kappa shape index (κ2) is 7.07. The van der Waals surface area contributed by atoms with E-state index in [0.29, 0.717) is 15.9 Å². The van der Waals surface area contributed by atoms with Crippen molar-refractivity contribution in [1.29, 1.82) is 0 Å². The van der Waals surface area contributed by atoms with E-state index in [1.165, 1.54) is 10.9 Å². The molecule has 0 bridgehead atoms. The summed E-state index contributed by atoms with van der Waals surface area (Å²) >= 11 is 5.97. The molecule has 25 heavy (non-hydrogen) atoms. The molecule has 0 N–H and O–H groups in total. The van der Waals surface area contributed by atoms with Gasteiger partial charge in [-0.05, 0) is 44.2 Å². The number of hydrogen-bond donors (Lipinski definition) is 0. The fourth-order valence-electron chi connectivity index (χ4n) is 2.78. The molecule has 0 fully saturated rings. The summed E-state index contributed by atoms with van der Waals surface area (Å²) in [6, 6.07) is 14.3. The van der Waals surface area contributed by atoms with Crippen LogP contribution in [0.15, 0.2) is 59.7 Å². The van der Waals surface area contributed by atoms with Crippen molar-refractivity contribution in [3.63, 3.8) is 0 Å². The highest BCUT2D eigenvalue weighted by atomic mass is 35.5. The zero-order valence-corrected chi connectivity index (χ0v) is 14.8. The summed E-state index contributed by atoms with van der Waals surface area (Å²) in [5.74, 6) is -0.175. The van der Waals surface area contributed by atoms with E-state index < -0.39 is 0 Å². The van der Waals surface area contributed by atoms with Crippen molar-refractivity contribution in [3.05, 3.63) is 70.2 Å². The molecule has 3 rings (SSSR count). The highest BCUT2D eigenvalue weighted by Crippen LogP contribution is 2.18. The van der Waals surface area contributed by atoms with Gasteiger partial charge in [0.05, 0.1) is 17.2 Å². The molecule has 2 aromatic carbocycles. The molecule has 128 valence electrons. The highest BCUT2D eigenvalue weighted by Gasteiger charge is 2.20. The molecule has 1 amide bonds. The first kappa shape index (κ1) is 17.2. The van der Waals surface area contributed by atoms with Crippen LogP contribution in [0.25, 0.3) is 10.9 Å². The van der Waals surface area contributed by atoms with Gasteiger partial charge < -0.3 is 4.90 Å². The Morgan fingerprint density at radius 2 is 1.92 bits per heavy atom. The number of anilines is 1. The van der Waals surface area contributed by atoms with E-state index in [2.05, 4.69) is 4.98 Å². The van der Waals surface area contributed by atoms with Gasteiger partial charge in [-0.3, -0.25) is 14.2 Å². The van der Waals surface area contributed by atoms with E-state index in [1.807, 2.05) is 44.2 Å². The van der Waals surface area contributed by atoms with Crippen LogP contribution >= 0.6 is 11.6 Å². The molecule has 0 saturated heterocycles. The van der Waals surface area contributed by atoms with Crippen LogP contribution in [-0.2, 0) is 11.3 Å². The number of hydrogen-bond acceptors (Lipinski definition) is 3. The molecule has 0 saturated carbocycles. The molecule has 3 aromatic rings. The first-order valence-corrected chi connectivity index (χ1v) is 8.37. The van der Waals surface area contributed by atoms with E-state index in [0.717, 1.165) is 5.69 Å². The average Bonchev–Trinajstić information content (AvgIpc) is 2.58. The van der Waals surface area contributed by atoms with E-state index in [4.69, 9.17) is 11.6 Å². The number of rotatable bonds is 4. The molecular formula is C19H18ClN3O2. The van der Waals surface area contributed by atoms with Crippen LogP contribution in [0, 0.1) is 0 Å². The molecule has 0 radical (unpaired) electrons. The van der Waals surface area contributed by atoms with Crippen LogP contribution in [0.5, 0.6) is 0 Å². The average molecular weight is 356 g/mol. The van der Waals surface area contributed by atoms with Gasteiger partial charge in [-0.2, -0.15) is 0 Å². The van der Waals surface area contributed by atoms with Gasteiger partial charge in [-0.25, -0.2) is 4.98 Å². The summed E-state index contributed by atoms with van der Waals surface area (Å²) in [6.45, 7) is 3.79. The Bertz CT molecular complexity index is 967. The molecule has 1 heterocycles. The van der Waals surface area contributed by atoms with Gasteiger partial charge in [0.15, 0.2) is 0 Å². The monoisotopic (exact) mass is 355 g/mol. The van der Waals surface area contributed by atoms with Gasteiger partial charge in [0, 0.05) is 16.8 Å². The molecule has 6 heteroatoms. The lowest BCUT2D eigenvalue weighted by atomic mass is 10.2. The van der Waals surface area contributed by atoms with Crippen molar-refractivity contribution in [2.75, 3.05) is 4.90 Å². The van der Waals surface area contributed by atoms with Gasteiger partial charge in [0.2, 0.25) is 5.91 Å². The van der Waals surface area contributed by atoms with Gasteiger partial charge in [0.1, 0.15) is 6.54 Å². The number of para-hydroxylation sites is 1. The van der Waals surface area contributed by atoms with Gasteiger partial charge in [0.25, 0.3) is 5.56 Å². The number of aromatic nitrogens is 2. The fourth-order valence-corrected chi connectivity index (χ4v) is 2.96. The molecule has 0 spiro atoms. The second-order valence-corrected chi connectivity index (χ2v) is 6.47. The topological polar surface area (TPSA) is 55.2 Å². The van der Waals surface area contributed by atoms with E-state index in [9.17, 15) is 9.59 Å². The summed E-state index contributed by atoms with van der Waals surface area (Å²) in [7, 11) is 0. The predicted molar refractivity (Wildman–Crippen MR) is 100 cm³/mol.